The van der Waals surface area contributed by atoms with Gasteiger partial charge in [-0.1, -0.05) is 17.3 Å². The molecule has 4 heterocycles. The quantitative estimate of drug-likeness (QED) is 0.584. The molecular weight excluding hydrogens is 360 g/mol. The molecule has 9 heteroatoms. The number of hydrogen-bond donors (Lipinski definition) is 1. The summed E-state index contributed by atoms with van der Waals surface area (Å²) >= 11 is 0. The number of ether oxygens (including phenoxy) is 1. The number of carbonyl (C=O) groups is 1. The van der Waals surface area contributed by atoms with Crippen molar-refractivity contribution in [3.8, 4) is 17.1 Å². The predicted octanol–water partition coefficient (Wildman–Crippen LogP) is 2.26. The molecular formula is C19H16N6O3. The normalized spacial score (nSPS) is 15.4. The number of imidazole rings is 1. The number of carbonyl (C=O) groups excluding carboxylic acids is 1. The SMILES string of the molecule is Cc1cnc2ncc(C(=O)N[C@@H]3COc4cc(-c5noc(C)n5)ccc43)n2c1. The van der Waals surface area contributed by atoms with Crippen LogP contribution in [0.3, 0.4) is 0 Å². The monoisotopic (exact) mass is 376 g/mol. The van der Waals surface area contributed by atoms with Gasteiger partial charge in [-0.25, -0.2) is 9.97 Å². The van der Waals surface area contributed by atoms with Crippen molar-refractivity contribution in [2.45, 2.75) is 19.9 Å². The fraction of sp³-hybridized carbons (Fsp3) is 0.211. The second-order valence-electron chi connectivity index (χ2n) is 6.67. The van der Waals surface area contributed by atoms with Crippen molar-refractivity contribution in [2.24, 2.45) is 0 Å². The molecule has 28 heavy (non-hydrogen) atoms. The van der Waals surface area contributed by atoms with Gasteiger partial charge in [-0.15, -0.1) is 0 Å². The predicted molar refractivity (Wildman–Crippen MR) is 97.9 cm³/mol. The molecule has 0 aliphatic carbocycles. The molecule has 4 aromatic rings. The molecule has 0 spiro atoms. The van der Waals surface area contributed by atoms with Crippen LogP contribution in [0.4, 0.5) is 0 Å². The highest BCUT2D eigenvalue weighted by Crippen LogP contribution is 2.35. The van der Waals surface area contributed by atoms with E-state index in [9.17, 15) is 4.79 Å². The van der Waals surface area contributed by atoms with Crippen LogP contribution in [-0.4, -0.2) is 37.0 Å². The summed E-state index contributed by atoms with van der Waals surface area (Å²) in [5, 5.41) is 6.93. The first-order chi connectivity index (χ1) is 13.6. The van der Waals surface area contributed by atoms with Gasteiger partial charge in [0.1, 0.15) is 18.1 Å². The van der Waals surface area contributed by atoms with Crippen LogP contribution in [0.1, 0.15) is 33.5 Å². The lowest BCUT2D eigenvalue weighted by molar-refractivity contribution is 0.0924. The number of nitrogens with one attached hydrogen (secondary N) is 1. The van der Waals surface area contributed by atoms with Gasteiger partial charge in [0.15, 0.2) is 0 Å². The zero-order valence-corrected chi connectivity index (χ0v) is 15.2. The third-order valence-corrected chi connectivity index (χ3v) is 4.61. The standard InChI is InChI=1S/C19H16N6O3/c1-10-6-20-19-21-7-15(25(19)8-10)18(26)23-14-9-27-16-5-12(3-4-13(14)16)17-22-11(2)28-24-17/h3-8,14H,9H2,1-2H3,(H,23,26)/t14-/m1/s1. The molecule has 3 aromatic heterocycles. The molecule has 1 aliphatic heterocycles. The van der Waals surface area contributed by atoms with E-state index in [2.05, 4.69) is 25.4 Å². The van der Waals surface area contributed by atoms with E-state index in [-0.39, 0.29) is 11.9 Å². The van der Waals surface area contributed by atoms with Crippen LogP contribution in [0.5, 0.6) is 5.75 Å². The fourth-order valence-corrected chi connectivity index (χ4v) is 3.26. The maximum absolute atomic E-state index is 12.8. The van der Waals surface area contributed by atoms with E-state index < -0.39 is 0 Å². The summed E-state index contributed by atoms with van der Waals surface area (Å²) in [6.07, 6.45) is 5.08. The lowest BCUT2D eigenvalue weighted by Crippen LogP contribution is -2.30. The minimum absolute atomic E-state index is 0.237. The molecule has 1 atom stereocenters. The Morgan fingerprint density at radius 3 is 2.93 bits per heavy atom. The van der Waals surface area contributed by atoms with Crippen molar-refractivity contribution in [2.75, 3.05) is 6.61 Å². The largest absolute Gasteiger partial charge is 0.491 e. The van der Waals surface area contributed by atoms with Gasteiger partial charge in [0, 0.05) is 30.4 Å². The summed E-state index contributed by atoms with van der Waals surface area (Å²) in [5.74, 6) is 1.95. The molecule has 0 saturated carbocycles. The number of fused-ring (bicyclic) bond motifs is 2. The highest BCUT2D eigenvalue weighted by atomic mass is 16.5. The molecule has 0 radical (unpaired) electrons. The molecule has 140 valence electrons. The summed E-state index contributed by atoms with van der Waals surface area (Å²) in [4.78, 5) is 25.4. The van der Waals surface area contributed by atoms with E-state index in [1.807, 2.05) is 31.3 Å². The van der Waals surface area contributed by atoms with Gasteiger partial charge in [0.05, 0.1) is 12.2 Å². The lowest BCUT2D eigenvalue weighted by atomic mass is 10.1. The number of aromatic nitrogens is 5. The molecule has 1 aromatic carbocycles. The van der Waals surface area contributed by atoms with Crippen molar-refractivity contribution in [1.82, 2.24) is 29.8 Å². The Balaban J connectivity index is 1.40. The first-order valence-corrected chi connectivity index (χ1v) is 8.76. The Bertz CT molecular complexity index is 1210. The van der Waals surface area contributed by atoms with Crippen LogP contribution in [0.25, 0.3) is 17.2 Å². The van der Waals surface area contributed by atoms with Gasteiger partial charge in [-0.2, -0.15) is 4.98 Å². The van der Waals surface area contributed by atoms with Crippen molar-refractivity contribution >= 4 is 11.7 Å². The third-order valence-electron chi connectivity index (χ3n) is 4.61. The molecule has 0 unspecified atom stereocenters. The molecule has 0 fully saturated rings. The summed E-state index contributed by atoms with van der Waals surface area (Å²) in [5.41, 5.74) is 3.07. The van der Waals surface area contributed by atoms with Gasteiger partial charge < -0.3 is 14.6 Å². The number of rotatable bonds is 3. The molecule has 1 aliphatic rings. The second-order valence-corrected chi connectivity index (χ2v) is 6.67. The van der Waals surface area contributed by atoms with E-state index in [4.69, 9.17) is 9.26 Å². The van der Waals surface area contributed by atoms with Crippen molar-refractivity contribution in [3.63, 3.8) is 0 Å². The summed E-state index contributed by atoms with van der Waals surface area (Å²) in [7, 11) is 0. The highest BCUT2D eigenvalue weighted by Gasteiger charge is 2.27. The maximum atomic E-state index is 12.8. The number of nitrogens with zero attached hydrogens (tertiary/aromatic N) is 5. The van der Waals surface area contributed by atoms with Gasteiger partial charge in [-0.05, 0) is 18.6 Å². The maximum Gasteiger partial charge on any atom is 0.270 e. The number of benzene rings is 1. The van der Waals surface area contributed by atoms with Gasteiger partial charge in [0.25, 0.3) is 5.91 Å². The Morgan fingerprint density at radius 2 is 2.11 bits per heavy atom. The van der Waals surface area contributed by atoms with Crippen LogP contribution in [-0.2, 0) is 0 Å². The number of amides is 1. The van der Waals surface area contributed by atoms with Crippen LogP contribution in [0, 0.1) is 13.8 Å². The van der Waals surface area contributed by atoms with E-state index in [1.54, 1.807) is 17.5 Å². The van der Waals surface area contributed by atoms with Gasteiger partial charge in [0.2, 0.25) is 17.5 Å². The van der Waals surface area contributed by atoms with Crippen LogP contribution in [0.2, 0.25) is 0 Å². The fourth-order valence-electron chi connectivity index (χ4n) is 3.26. The zero-order valence-electron chi connectivity index (χ0n) is 15.2. The summed E-state index contributed by atoms with van der Waals surface area (Å²) in [6.45, 7) is 4.00. The van der Waals surface area contributed by atoms with Crippen molar-refractivity contribution < 1.29 is 14.1 Å². The molecule has 1 N–H and O–H groups in total. The molecule has 0 bridgehead atoms. The molecule has 5 rings (SSSR count). The highest BCUT2D eigenvalue weighted by molar-refractivity contribution is 5.93. The van der Waals surface area contributed by atoms with Crippen LogP contribution >= 0.6 is 0 Å². The third kappa shape index (κ3) is 2.68. The molecule has 9 nitrogen and oxygen atoms in total. The van der Waals surface area contributed by atoms with E-state index in [0.717, 1.165) is 16.7 Å². The van der Waals surface area contributed by atoms with E-state index in [1.165, 1.54) is 6.20 Å². The topological polar surface area (TPSA) is 107 Å². The van der Waals surface area contributed by atoms with E-state index >= 15 is 0 Å². The first kappa shape index (κ1) is 16.4. The van der Waals surface area contributed by atoms with E-state index in [0.29, 0.717) is 35.5 Å². The Kier molecular flexibility index (Phi) is 3.61. The first-order valence-electron chi connectivity index (χ1n) is 8.76. The van der Waals surface area contributed by atoms with Crippen LogP contribution in [0.15, 0.2) is 41.3 Å². The lowest BCUT2D eigenvalue weighted by Gasteiger charge is -2.11. The molecule has 1 amide bonds. The molecule has 0 saturated heterocycles. The number of aryl methyl sites for hydroxylation is 2. The summed E-state index contributed by atoms with van der Waals surface area (Å²) < 4.78 is 12.5. The zero-order chi connectivity index (χ0) is 19.3. The Hall–Kier alpha value is -3.75. The average molecular weight is 376 g/mol. The van der Waals surface area contributed by atoms with Gasteiger partial charge in [-0.3, -0.25) is 9.20 Å². The summed E-state index contributed by atoms with van der Waals surface area (Å²) in [6, 6.07) is 5.40. The Labute approximate surface area is 159 Å². The van der Waals surface area contributed by atoms with Crippen molar-refractivity contribution in [1.29, 1.82) is 0 Å². The smallest absolute Gasteiger partial charge is 0.270 e. The van der Waals surface area contributed by atoms with Gasteiger partial charge >= 0.3 is 0 Å². The minimum atomic E-state index is -0.258. The minimum Gasteiger partial charge on any atom is -0.491 e. The number of hydrogen-bond acceptors (Lipinski definition) is 7. The average Bonchev–Trinajstić information content (AvgIpc) is 3.39. The second kappa shape index (κ2) is 6.15. The van der Waals surface area contributed by atoms with Crippen molar-refractivity contribution in [3.05, 3.63) is 59.5 Å². The van der Waals surface area contributed by atoms with Crippen LogP contribution < -0.4 is 10.1 Å². The Morgan fingerprint density at radius 1 is 1.25 bits per heavy atom.